The molecule has 1 aliphatic heterocycles. The summed E-state index contributed by atoms with van der Waals surface area (Å²) in [5.41, 5.74) is 8.07. The standard InChI is InChI=1S/C19H19ClN2/c20-16-6-5-13-3-4-15-2-1-9-22-19(15)18(17(13)12-16)14-7-10-21-11-8-14/h1-2,5-6,9,12,21H,3-4,7-8,10-11H2. The summed E-state index contributed by atoms with van der Waals surface area (Å²) in [6.45, 7) is 2.10. The number of aromatic nitrogens is 1. The van der Waals surface area contributed by atoms with Gasteiger partial charge in [-0.3, -0.25) is 4.98 Å². The van der Waals surface area contributed by atoms with Gasteiger partial charge >= 0.3 is 0 Å². The molecule has 0 spiro atoms. The molecule has 0 atom stereocenters. The van der Waals surface area contributed by atoms with E-state index in [9.17, 15) is 0 Å². The van der Waals surface area contributed by atoms with Crippen molar-refractivity contribution in [2.24, 2.45) is 0 Å². The second-order valence-electron chi connectivity index (χ2n) is 6.04. The number of rotatable bonds is 0. The van der Waals surface area contributed by atoms with Crippen LogP contribution < -0.4 is 5.32 Å². The Kier molecular flexibility index (Phi) is 3.73. The molecule has 1 saturated heterocycles. The third-order valence-corrected chi connectivity index (χ3v) is 4.93. The summed E-state index contributed by atoms with van der Waals surface area (Å²) < 4.78 is 0. The normalized spacial score (nSPS) is 17.7. The first kappa shape index (κ1) is 14.0. The Labute approximate surface area is 136 Å². The zero-order valence-corrected chi connectivity index (χ0v) is 13.3. The van der Waals surface area contributed by atoms with Gasteiger partial charge in [0.05, 0.1) is 5.69 Å². The van der Waals surface area contributed by atoms with Gasteiger partial charge in [-0.2, -0.15) is 0 Å². The number of piperidine rings is 1. The summed E-state index contributed by atoms with van der Waals surface area (Å²) in [5.74, 6) is 0. The molecule has 2 nitrogen and oxygen atoms in total. The number of aryl methyl sites for hydroxylation is 2. The fourth-order valence-electron chi connectivity index (χ4n) is 3.60. The Bertz CT molecular complexity index is 741. The van der Waals surface area contributed by atoms with Crippen LogP contribution in [-0.4, -0.2) is 18.1 Å². The zero-order valence-electron chi connectivity index (χ0n) is 12.5. The van der Waals surface area contributed by atoms with Crippen molar-refractivity contribution in [2.45, 2.75) is 25.7 Å². The van der Waals surface area contributed by atoms with E-state index in [4.69, 9.17) is 16.6 Å². The van der Waals surface area contributed by atoms with Crippen molar-refractivity contribution >= 4 is 17.2 Å². The fourth-order valence-corrected chi connectivity index (χ4v) is 3.77. The maximum Gasteiger partial charge on any atom is 0.0739 e. The van der Waals surface area contributed by atoms with Gasteiger partial charge in [-0.25, -0.2) is 0 Å². The number of nitrogens with zero attached hydrogens (tertiary/aromatic N) is 1. The first-order chi connectivity index (χ1) is 10.8. The number of hydrogen-bond acceptors (Lipinski definition) is 2. The molecule has 0 unspecified atom stereocenters. The van der Waals surface area contributed by atoms with Crippen LogP contribution in [0.5, 0.6) is 0 Å². The van der Waals surface area contributed by atoms with E-state index >= 15 is 0 Å². The molecule has 22 heavy (non-hydrogen) atoms. The summed E-state index contributed by atoms with van der Waals surface area (Å²) in [6.07, 6.45) is 6.21. The van der Waals surface area contributed by atoms with E-state index in [1.165, 1.54) is 33.5 Å². The molecule has 1 N–H and O–H groups in total. The third kappa shape index (κ3) is 2.47. The number of halogens is 1. The largest absolute Gasteiger partial charge is 0.316 e. The van der Waals surface area contributed by atoms with Crippen LogP contribution in [0.1, 0.15) is 35.2 Å². The summed E-state index contributed by atoms with van der Waals surface area (Å²) in [6, 6.07) is 10.6. The number of benzene rings is 1. The molecular weight excluding hydrogens is 292 g/mol. The highest BCUT2D eigenvalue weighted by Crippen LogP contribution is 2.37. The molecule has 2 aromatic rings. The molecule has 0 saturated carbocycles. The van der Waals surface area contributed by atoms with Crippen LogP contribution in [0, 0.1) is 0 Å². The molecular formula is C19H19ClN2. The maximum absolute atomic E-state index is 6.31. The molecule has 0 radical (unpaired) electrons. The lowest BCUT2D eigenvalue weighted by Crippen LogP contribution is -2.24. The van der Waals surface area contributed by atoms with Crippen LogP contribution in [-0.2, 0) is 12.8 Å². The van der Waals surface area contributed by atoms with Crippen LogP contribution in [0.4, 0.5) is 0 Å². The summed E-state index contributed by atoms with van der Waals surface area (Å²) in [4.78, 5) is 4.74. The number of fused-ring (bicyclic) bond motifs is 2. The minimum atomic E-state index is 0.810. The second kappa shape index (κ2) is 5.86. The molecule has 112 valence electrons. The van der Waals surface area contributed by atoms with Gasteiger partial charge in [0, 0.05) is 16.8 Å². The first-order valence-corrected chi connectivity index (χ1v) is 8.36. The highest BCUT2D eigenvalue weighted by molar-refractivity contribution is 6.30. The van der Waals surface area contributed by atoms with Crippen LogP contribution in [0.15, 0.2) is 42.1 Å². The van der Waals surface area contributed by atoms with E-state index in [1.54, 1.807) is 0 Å². The maximum atomic E-state index is 6.31. The van der Waals surface area contributed by atoms with Crippen LogP contribution in [0.25, 0.3) is 5.57 Å². The smallest absolute Gasteiger partial charge is 0.0739 e. The minimum absolute atomic E-state index is 0.810. The SMILES string of the molecule is Clc1ccc2c(c1)C(=C1CCNCC1)c1ncccc1CC2. The lowest BCUT2D eigenvalue weighted by molar-refractivity contribution is 0.611. The van der Waals surface area contributed by atoms with E-state index in [0.717, 1.165) is 43.8 Å². The minimum Gasteiger partial charge on any atom is -0.316 e. The molecule has 2 heterocycles. The molecule has 3 heteroatoms. The summed E-state index contributed by atoms with van der Waals surface area (Å²) >= 11 is 6.31. The monoisotopic (exact) mass is 310 g/mol. The van der Waals surface area contributed by atoms with Gasteiger partial charge in [-0.1, -0.05) is 29.3 Å². The lowest BCUT2D eigenvalue weighted by atomic mass is 9.89. The van der Waals surface area contributed by atoms with Gasteiger partial charge in [-0.15, -0.1) is 0 Å². The van der Waals surface area contributed by atoms with Crippen molar-refractivity contribution in [1.82, 2.24) is 10.3 Å². The highest BCUT2D eigenvalue weighted by Gasteiger charge is 2.23. The van der Waals surface area contributed by atoms with Crippen molar-refractivity contribution in [3.63, 3.8) is 0 Å². The molecule has 1 aliphatic carbocycles. The predicted molar refractivity (Wildman–Crippen MR) is 91.2 cm³/mol. The van der Waals surface area contributed by atoms with Crippen LogP contribution in [0.2, 0.25) is 5.02 Å². The molecule has 1 aromatic heterocycles. The average molecular weight is 311 g/mol. The second-order valence-corrected chi connectivity index (χ2v) is 6.48. The molecule has 4 rings (SSSR count). The van der Waals surface area contributed by atoms with Crippen molar-refractivity contribution in [1.29, 1.82) is 0 Å². The highest BCUT2D eigenvalue weighted by atomic mass is 35.5. The number of nitrogens with one attached hydrogen (secondary N) is 1. The predicted octanol–water partition coefficient (Wildman–Crippen LogP) is 4.02. The van der Waals surface area contributed by atoms with E-state index in [1.807, 2.05) is 18.3 Å². The van der Waals surface area contributed by atoms with Gasteiger partial charge in [0.1, 0.15) is 0 Å². The Morgan fingerprint density at radius 2 is 1.77 bits per heavy atom. The zero-order chi connectivity index (χ0) is 14.9. The van der Waals surface area contributed by atoms with Crippen molar-refractivity contribution in [2.75, 3.05) is 13.1 Å². The van der Waals surface area contributed by atoms with E-state index in [2.05, 4.69) is 23.5 Å². The van der Waals surface area contributed by atoms with E-state index in [0.29, 0.717) is 0 Å². The third-order valence-electron chi connectivity index (χ3n) is 4.69. The van der Waals surface area contributed by atoms with Crippen molar-refractivity contribution in [3.05, 3.63) is 69.5 Å². The molecule has 2 aliphatic rings. The summed E-state index contributed by atoms with van der Waals surface area (Å²) in [5, 5.41) is 4.26. The Morgan fingerprint density at radius 3 is 2.64 bits per heavy atom. The van der Waals surface area contributed by atoms with Gasteiger partial charge in [0.2, 0.25) is 0 Å². The number of pyridine rings is 1. The molecule has 0 bridgehead atoms. The Morgan fingerprint density at radius 1 is 0.955 bits per heavy atom. The summed E-state index contributed by atoms with van der Waals surface area (Å²) in [7, 11) is 0. The fraction of sp³-hybridized carbons (Fsp3) is 0.316. The Balaban J connectivity index is 1.99. The van der Waals surface area contributed by atoms with Crippen LogP contribution >= 0.6 is 11.6 Å². The van der Waals surface area contributed by atoms with Gasteiger partial charge in [0.25, 0.3) is 0 Å². The van der Waals surface area contributed by atoms with Crippen molar-refractivity contribution in [3.8, 4) is 0 Å². The van der Waals surface area contributed by atoms with E-state index < -0.39 is 0 Å². The van der Waals surface area contributed by atoms with Crippen molar-refractivity contribution < 1.29 is 0 Å². The first-order valence-electron chi connectivity index (χ1n) is 7.99. The Hall–Kier alpha value is -1.64. The van der Waals surface area contributed by atoms with Crippen LogP contribution in [0.3, 0.4) is 0 Å². The lowest BCUT2D eigenvalue weighted by Gasteiger charge is -2.21. The molecule has 0 amide bonds. The number of hydrogen-bond donors (Lipinski definition) is 1. The van der Waals surface area contributed by atoms with Gasteiger partial charge in [-0.05, 0) is 73.7 Å². The molecule has 1 fully saturated rings. The average Bonchev–Trinajstić information content (AvgIpc) is 2.72. The topological polar surface area (TPSA) is 24.9 Å². The van der Waals surface area contributed by atoms with E-state index in [-0.39, 0.29) is 0 Å². The van der Waals surface area contributed by atoms with Gasteiger partial charge < -0.3 is 5.32 Å². The molecule has 1 aromatic carbocycles. The quantitative estimate of drug-likeness (QED) is 0.795. The van der Waals surface area contributed by atoms with Gasteiger partial charge in [0.15, 0.2) is 0 Å².